The Morgan fingerprint density at radius 2 is 1.85 bits per heavy atom. The van der Waals surface area contributed by atoms with E-state index in [0.29, 0.717) is 12.2 Å². The first-order valence-electron chi connectivity index (χ1n) is 8.42. The number of hydrogen-bond acceptors (Lipinski definition) is 4. The van der Waals surface area contributed by atoms with Crippen LogP contribution in [0.1, 0.15) is 41.6 Å². The molecule has 0 aliphatic rings. The molecule has 7 nitrogen and oxygen atoms in total. The molecule has 0 radical (unpaired) electrons. The normalized spacial score (nSPS) is 11.6. The molecule has 0 aliphatic heterocycles. The molecular weight excluding hydrogens is 336 g/mol. The van der Waals surface area contributed by atoms with Gasteiger partial charge in [0.05, 0.1) is 13.0 Å². The fourth-order valence-corrected chi connectivity index (χ4v) is 2.47. The second-order valence-corrected chi connectivity index (χ2v) is 5.86. The summed E-state index contributed by atoms with van der Waals surface area (Å²) in [5.41, 5.74) is 0.873. The molecule has 3 N–H and O–H groups in total. The van der Waals surface area contributed by atoms with Crippen molar-refractivity contribution >= 4 is 17.8 Å². The van der Waals surface area contributed by atoms with E-state index in [9.17, 15) is 14.4 Å². The van der Waals surface area contributed by atoms with Crippen molar-refractivity contribution in [2.45, 2.75) is 38.8 Å². The Morgan fingerprint density at radius 3 is 2.46 bits per heavy atom. The van der Waals surface area contributed by atoms with Crippen LogP contribution in [0.2, 0.25) is 0 Å². The molecule has 0 saturated heterocycles. The third-order valence-electron chi connectivity index (χ3n) is 3.75. The lowest BCUT2D eigenvalue weighted by atomic mass is 10.1. The number of carboxylic acids is 1. The summed E-state index contributed by atoms with van der Waals surface area (Å²) < 4.78 is 5.09. The van der Waals surface area contributed by atoms with Gasteiger partial charge in [0.2, 0.25) is 17.6 Å². The van der Waals surface area contributed by atoms with Gasteiger partial charge < -0.3 is 20.2 Å². The van der Waals surface area contributed by atoms with Crippen LogP contribution in [0.25, 0.3) is 0 Å². The molecule has 1 aromatic heterocycles. The van der Waals surface area contributed by atoms with E-state index in [1.165, 1.54) is 12.1 Å². The average Bonchev–Trinajstić information content (AvgIpc) is 3.09. The number of hydrogen-bond donors (Lipinski definition) is 3. The maximum atomic E-state index is 12.4. The Hall–Kier alpha value is -3.09. The fourth-order valence-electron chi connectivity index (χ4n) is 2.47. The highest BCUT2D eigenvalue weighted by Gasteiger charge is 2.20. The van der Waals surface area contributed by atoms with Crippen LogP contribution in [-0.2, 0) is 22.6 Å². The zero-order valence-corrected chi connectivity index (χ0v) is 14.5. The maximum Gasteiger partial charge on any atom is 0.371 e. The van der Waals surface area contributed by atoms with Crippen LogP contribution >= 0.6 is 0 Å². The molecule has 1 atom stereocenters. The molecule has 1 aromatic carbocycles. The van der Waals surface area contributed by atoms with Crippen LogP contribution in [0.3, 0.4) is 0 Å². The lowest BCUT2D eigenvalue weighted by molar-refractivity contribution is -0.129. The minimum Gasteiger partial charge on any atom is -0.475 e. The molecule has 0 saturated carbocycles. The molecule has 7 heteroatoms. The highest BCUT2D eigenvalue weighted by Crippen LogP contribution is 2.08. The monoisotopic (exact) mass is 358 g/mol. The number of nitrogens with one attached hydrogen (secondary N) is 2. The molecule has 1 unspecified atom stereocenters. The van der Waals surface area contributed by atoms with Gasteiger partial charge in [0, 0.05) is 0 Å². The lowest BCUT2D eigenvalue weighted by Gasteiger charge is -2.17. The smallest absolute Gasteiger partial charge is 0.371 e. The van der Waals surface area contributed by atoms with E-state index >= 15 is 0 Å². The molecule has 26 heavy (non-hydrogen) atoms. The molecule has 138 valence electrons. The van der Waals surface area contributed by atoms with Gasteiger partial charge in [-0.1, -0.05) is 43.7 Å². The van der Waals surface area contributed by atoms with Crippen LogP contribution < -0.4 is 10.6 Å². The number of benzene rings is 1. The van der Waals surface area contributed by atoms with Crippen LogP contribution in [0.4, 0.5) is 0 Å². The van der Waals surface area contributed by atoms with E-state index in [1.54, 1.807) is 0 Å². The van der Waals surface area contributed by atoms with Gasteiger partial charge >= 0.3 is 5.97 Å². The number of carbonyl (C=O) groups is 3. The lowest BCUT2D eigenvalue weighted by Crippen LogP contribution is -2.46. The van der Waals surface area contributed by atoms with Gasteiger partial charge in [0.15, 0.2) is 0 Å². The molecule has 1 heterocycles. The van der Waals surface area contributed by atoms with Gasteiger partial charge in [-0.05, 0) is 24.1 Å². The largest absolute Gasteiger partial charge is 0.475 e. The van der Waals surface area contributed by atoms with Crippen LogP contribution in [-0.4, -0.2) is 28.9 Å². The van der Waals surface area contributed by atoms with Crippen molar-refractivity contribution < 1.29 is 23.9 Å². The van der Waals surface area contributed by atoms with E-state index < -0.39 is 12.0 Å². The second kappa shape index (κ2) is 9.41. The van der Waals surface area contributed by atoms with Gasteiger partial charge in [0.25, 0.3) is 0 Å². The number of rotatable bonds is 9. The van der Waals surface area contributed by atoms with Crippen molar-refractivity contribution in [3.63, 3.8) is 0 Å². The van der Waals surface area contributed by atoms with Gasteiger partial charge in [-0.3, -0.25) is 9.59 Å². The SMILES string of the molecule is CCCC(NC(=O)Cc1ccccc1)C(=O)NCc1ccc(C(=O)O)o1. The second-order valence-electron chi connectivity index (χ2n) is 5.86. The molecule has 0 aliphatic carbocycles. The summed E-state index contributed by atoms with van der Waals surface area (Å²) in [6.45, 7) is 1.98. The minimum atomic E-state index is -1.17. The number of amides is 2. The standard InChI is InChI=1S/C19H22N2O5/c1-2-6-15(21-17(22)11-13-7-4-3-5-8-13)18(23)20-12-14-9-10-16(26-14)19(24)25/h3-5,7-10,15H,2,6,11-12H2,1H3,(H,20,23)(H,21,22)(H,24,25). The Balaban J connectivity index is 1.89. The van der Waals surface area contributed by atoms with Crippen molar-refractivity contribution in [3.8, 4) is 0 Å². The van der Waals surface area contributed by atoms with Crippen molar-refractivity contribution in [2.24, 2.45) is 0 Å². The van der Waals surface area contributed by atoms with E-state index in [1.807, 2.05) is 37.3 Å². The van der Waals surface area contributed by atoms with Gasteiger partial charge in [-0.2, -0.15) is 0 Å². The number of carbonyl (C=O) groups excluding carboxylic acids is 2. The summed E-state index contributed by atoms with van der Waals surface area (Å²) in [6.07, 6.45) is 1.44. The average molecular weight is 358 g/mol. The molecule has 2 amide bonds. The van der Waals surface area contributed by atoms with Crippen molar-refractivity contribution in [2.75, 3.05) is 0 Å². The summed E-state index contributed by atoms with van der Waals surface area (Å²) in [5.74, 6) is -1.57. The molecule has 0 bridgehead atoms. The first kappa shape index (κ1) is 19.2. The molecule has 0 fully saturated rings. The van der Waals surface area contributed by atoms with Gasteiger partial charge in [-0.25, -0.2) is 4.79 Å². The zero-order valence-electron chi connectivity index (χ0n) is 14.5. The summed E-state index contributed by atoms with van der Waals surface area (Å²) in [5, 5.41) is 14.2. The van der Waals surface area contributed by atoms with Crippen molar-refractivity contribution in [3.05, 3.63) is 59.5 Å². The Morgan fingerprint density at radius 1 is 1.12 bits per heavy atom. The van der Waals surface area contributed by atoms with Crippen molar-refractivity contribution in [1.82, 2.24) is 10.6 Å². The van der Waals surface area contributed by atoms with E-state index in [0.717, 1.165) is 12.0 Å². The highest BCUT2D eigenvalue weighted by atomic mass is 16.4. The fraction of sp³-hybridized carbons (Fsp3) is 0.316. The molecule has 0 spiro atoms. The van der Waals surface area contributed by atoms with Crippen LogP contribution in [0.5, 0.6) is 0 Å². The van der Waals surface area contributed by atoms with Crippen LogP contribution in [0, 0.1) is 0 Å². The summed E-state index contributed by atoms with van der Waals surface area (Å²) in [4.78, 5) is 35.3. The Labute approximate surface area is 151 Å². The number of carboxylic acid groups (broad SMARTS) is 1. The molecule has 2 rings (SSSR count). The quantitative estimate of drug-likeness (QED) is 0.636. The third kappa shape index (κ3) is 5.77. The molecular formula is C19H22N2O5. The third-order valence-corrected chi connectivity index (χ3v) is 3.75. The Kier molecular flexibility index (Phi) is 6.96. The first-order valence-corrected chi connectivity index (χ1v) is 8.42. The zero-order chi connectivity index (χ0) is 18.9. The number of furan rings is 1. The van der Waals surface area contributed by atoms with E-state index in [-0.39, 0.29) is 30.5 Å². The topological polar surface area (TPSA) is 109 Å². The van der Waals surface area contributed by atoms with Gasteiger partial charge in [-0.15, -0.1) is 0 Å². The first-order chi connectivity index (χ1) is 12.5. The summed E-state index contributed by atoms with van der Waals surface area (Å²) in [6, 6.07) is 11.5. The van der Waals surface area contributed by atoms with E-state index in [4.69, 9.17) is 9.52 Å². The minimum absolute atomic E-state index is 0.0564. The van der Waals surface area contributed by atoms with Crippen LogP contribution in [0.15, 0.2) is 46.9 Å². The highest BCUT2D eigenvalue weighted by molar-refractivity contribution is 5.88. The molecule has 2 aromatic rings. The summed E-state index contributed by atoms with van der Waals surface area (Å²) in [7, 11) is 0. The maximum absolute atomic E-state index is 12.4. The predicted octanol–water partition coefficient (Wildman–Crippen LogP) is 2.12. The van der Waals surface area contributed by atoms with Crippen molar-refractivity contribution in [1.29, 1.82) is 0 Å². The van der Waals surface area contributed by atoms with Gasteiger partial charge in [0.1, 0.15) is 11.8 Å². The summed E-state index contributed by atoms with van der Waals surface area (Å²) >= 11 is 0. The number of aromatic carboxylic acids is 1. The van der Waals surface area contributed by atoms with E-state index in [2.05, 4.69) is 10.6 Å². The Bertz CT molecular complexity index is 754. The predicted molar refractivity (Wildman–Crippen MR) is 94.5 cm³/mol.